The first-order chi connectivity index (χ1) is 7.51. The number of benzene rings is 1. The molecule has 0 aliphatic rings. The standard InChI is InChI=1S/C10H15ClN2O2S/c1-2-16(14,15)13(8-7-12)10-5-3-9(11)4-6-10/h3-6H,2,7-8,12H2,1H3. The van der Waals surface area contributed by atoms with E-state index in [4.69, 9.17) is 17.3 Å². The summed E-state index contributed by atoms with van der Waals surface area (Å²) in [5, 5.41) is 0.574. The van der Waals surface area contributed by atoms with Gasteiger partial charge in [-0.25, -0.2) is 8.42 Å². The Bertz CT molecular complexity index is 431. The number of anilines is 1. The van der Waals surface area contributed by atoms with Gasteiger partial charge in [-0.1, -0.05) is 11.6 Å². The molecule has 0 radical (unpaired) electrons. The zero-order valence-electron chi connectivity index (χ0n) is 9.06. The summed E-state index contributed by atoms with van der Waals surface area (Å²) in [5.74, 6) is 0.0512. The van der Waals surface area contributed by atoms with Crippen LogP contribution in [0.3, 0.4) is 0 Å². The van der Waals surface area contributed by atoms with Gasteiger partial charge in [0.25, 0.3) is 0 Å². The third-order valence-electron chi connectivity index (χ3n) is 2.15. The largest absolute Gasteiger partial charge is 0.329 e. The fourth-order valence-electron chi connectivity index (χ4n) is 1.31. The van der Waals surface area contributed by atoms with E-state index in [9.17, 15) is 8.42 Å². The van der Waals surface area contributed by atoms with E-state index in [0.29, 0.717) is 10.7 Å². The molecule has 0 spiro atoms. The van der Waals surface area contributed by atoms with Crippen molar-refractivity contribution in [3.05, 3.63) is 29.3 Å². The summed E-state index contributed by atoms with van der Waals surface area (Å²) >= 11 is 5.75. The summed E-state index contributed by atoms with van der Waals surface area (Å²) in [6.45, 7) is 2.16. The topological polar surface area (TPSA) is 63.4 Å². The van der Waals surface area contributed by atoms with Gasteiger partial charge in [0.2, 0.25) is 10.0 Å². The van der Waals surface area contributed by atoms with E-state index in [-0.39, 0.29) is 18.8 Å². The van der Waals surface area contributed by atoms with Crippen LogP contribution in [0.4, 0.5) is 5.69 Å². The fourth-order valence-corrected chi connectivity index (χ4v) is 2.57. The van der Waals surface area contributed by atoms with Gasteiger partial charge >= 0.3 is 0 Å². The number of halogens is 1. The molecule has 6 heteroatoms. The average Bonchev–Trinajstić information content (AvgIpc) is 2.27. The highest BCUT2D eigenvalue weighted by Crippen LogP contribution is 2.20. The van der Waals surface area contributed by atoms with E-state index >= 15 is 0 Å². The average molecular weight is 263 g/mol. The van der Waals surface area contributed by atoms with Crippen molar-refractivity contribution in [3.63, 3.8) is 0 Å². The Labute approximate surface area is 101 Å². The van der Waals surface area contributed by atoms with Gasteiger partial charge < -0.3 is 5.73 Å². The minimum Gasteiger partial charge on any atom is -0.329 e. The van der Waals surface area contributed by atoms with Crippen LogP contribution in [0.15, 0.2) is 24.3 Å². The maximum absolute atomic E-state index is 11.8. The van der Waals surface area contributed by atoms with Gasteiger partial charge in [-0.3, -0.25) is 4.31 Å². The van der Waals surface area contributed by atoms with E-state index in [0.717, 1.165) is 0 Å². The maximum Gasteiger partial charge on any atom is 0.234 e. The Morgan fingerprint density at radius 3 is 2.31 bits per heavy atom. The predicted molar refractivity (Wildman–Crippen MR) is 67.3 cm³/mol. The number of sulfonamides is 1. The lowest BCUT2D eigenvalue weighted by Crippen LogP contribution is -2.36. The van der Waals surface area contributed by atoms with Gasteiger partial charge in [0, 0.05) is 18.1 Å². The first kappa shape index (κ1) is 13.3. The van der Waals surface area contributed by atoms with Gasteiger partial charge in [-0.2, -0.15) is 0 Å². The summed E-state index contributed by atoms with van der Waals surface area (Å²) in [6.07, 6.45) is 0. The summed E-state index contributed by atoms with van der Waals surface area (Å²) in [5.41, 5.74) is 6.01. The highest BCUT2D eigenvalue weighted by molar-refractivity contribution is 7.92. The second-order valence-corrected chi connectivity index (χ2v) is 5.86. The van der Waals surface area contributed by atoms with Crippen LogP contribution in [0.5, 0.6) is 0 Å². The van der Waals surface area contributed by atoms with Crippen LogP contribution in [0.2, 0.25) is 5.02 Å². The van der Waals surface area contributed by atoms with Crippen LogP contribution in [0.25, 0.3) is 0 Å². The number of hydrogen-bond donors (Lipinski definition) is 1. The molecule has 0 aliphatic heterocycles. The summed E-state index contributed by atoms with van der Waals surface area (Å²) < 4.78 is 24.9. The summed E-state index contributed by atoms with van der Waals surface area (Å²) in [6, 6.07) is 6.66. The maximum atomic E-state index is 11.8. The smallest absolute Gasteiger partial charge is 0.234 e. The Hall–Kier alpha value is -0.780. The lowest BCUT2D eigenvalue weighted by Gasteiger charge is -2.23. The molecule has 16 heavy (non-hydrogen) atoms. The van der Waals surface area contributed by atoms with Gasteiger partial charge in [-0.15, -0.1) is 0 Å². The molecule has 1 rings (SSSR count). The summed E-state index contributed by atoms with van der Waals surface area (Å²) in [7, 11) is -3.28. The zero-order chi connectivity index (χ0) is 12.2. The third kappa shape index (κ3) is 3.10. The molecular weight excluding hydrogens is 248 g/mol. The molecule has 0 bridgehead atoms. The molecule has 4 nitrogen and oxygen atoms in total. The van der Waals surface area contributed by atoms with Crippen molar-refractivity contribution < 1.29 is 8.42 Å². The van der Waals surface area contributed by atoms with Crippen molar-refractivity contribution >= 4 is 27.3 Å². The van der Waals surface area contributed by atoms with Crippen molar-refractivity contribution in [2.24, 2.45) is 5.73 Å². The van der Waals surface area contributed by atoms with Gasteiger partial charge in [-0.05, 0) is 31.2 Å². The Morgan fingerprint density at radius 2 is 1.88 bits per heavy atom. The molecule has 0 saturated heterocycles. The van der Waals surface area contributed by atoms with E-state index in [1.165, 1.54) is 4.31 Å². The Kier molecular flexibility index (Phi) is 4.58. The molecule has 0 heterocycles. The molecule has 2 N–H and O–H groups in total. The highest BCUT2D eigenvalue weighted by Gasteiger charge is 2.19. The van der Waals surface area contributed by atoms with E-state index in [1.54, 1.807) is 31.2 Å². The molecule has 0 aromatic heterocycles. The molecule has 0 aliphatic carbocycles. The molecule has 0 fully saturated rings. The van der Waals surface area contributed by atoms with Crippen molar-refractivity contribution in [2.75, 3.05) is 23.1 Å². The normalized spacial score (nSPS) is 11.4. The van der Waals surface area contributed by atoms with Crippen LogP contribution >= 0.6 is 11.6 Å². The zero-order valence-corrected chi connectivity index (χ0v) is 10.6. The van der Waals surface area contributed by atoms with Crippen LogP contribution in [0.1, 0.15) is 6.92 Å². The Balaban J connectivity index is 3.08. The monoisotopic (exact) mass is 262 g/mol. The fraction of sp³-hybridized carbons (Fsp3) is 0.400. The van der Waals surface area contributed by atoms with E-state index < -0.39 is 10.0 Å². The number of nitrogens with two attached hydrogens (primary N) is 1. The lowest BCUT2D eigenvalue weighted by atomic mass is 10.3. The predicted octanol–water partition coefficient (Wildman–Crippen LogP) is 1.45. The van der Waals surface area contributed by atoms with Gasteiger partial charge in [0.15, 0.2) is 0 Å². The second-order valence-electron chi connectivity index (χ2n) is 3.24. The third-order valence-corrected chi connectivity index (χ3v) is 4.19. The SMILES string of the molecule is CCS(=O)(=O)N(CCN)c1ccc(Cl)cc1. The Morgan fingerprint density at radius 1 is 1.31 bits per heavy atom. The van der Waals surface area contributed by atoms with Crippen LogP contribution in [0, 0.1) is 0 Å². The number of rotatable bonds is 5. The van der Waals surface area contributed by atoms with Crippen LogP contribution < -0.4 is 10.0 Å². The van der Waals surface area contributed by atoms with Crippen LogP contribution in [-0.2, 0) is 10.0 Å². The van der Waals surface area contributed by atoms with Crippen molar-refractivity contribution in [1.82, 2.24) is 0 Å². The minimum absolute atomic E-state index is 0.0512. The minimum atomic E-state index is -3.28. The first-order valence-electron chi connectivity index (χ1n) is 4.97. The molecule has 1 aromatic carbocycles. The first-order valence-corrected chi connectivity index (χ1v) is 6.96. The molecule has 0 atom stereocenters. The number of hydrogen-bond acceptors (Lipinski definition) is 3. The van der Waals surface area contributed by atoms with Crippen molar-refractivity contribution in [3.8, 4) is 0 Å². The quantitative estimate of drug-likeness (QED) is 0.874. The summed E-state index contributed by atoms with van der Waals surface area (Å²) in [4.78, 5) is 0. The van der Waals surface area contributed by atoms with Crippen molar-refractivity contribution in [2.45, 2.75) is 6.92 Å². The molecule has 90 valence electrons. The van der Waals surface area contributed by atoms with Gasteiger partial charge in [0.1, 0.15) is 0 Å². The van der Waals surface area contributed by atoms with Crippen LogP contribution in [-0.4, -0.2) is 27.3 Å². The molecule has 1 aromatic rings. The highest BCUT2D eigenvalue weighted by atomic mass is 35.5. The van der Waals surface area contributed by atoms with Crippen molar-refractivity contribution in [1.29, 1.82) is 0 Å². The molecular formula is C10H15ClN2O2S. The van der Waals surface area contributed by atoms with E-state index in [2.05, 4.69) is 0 Å². The van der Waals surface area contributed by atoms with E-state index in [1.807, 2.05) is 0 Å². The second kappa shape index (κ2) is 5.52. The van der Waals surface area contributed by atoms with Gasteiger partial charge in [0.05, 0.1) is 11.4 Å². The lowest BCUT2D eigenvalue weighted by molar-refractivity contribution is 0.592. The number of nitrogens with zero attached hydrogens (tertiary/aromatic N) is 1. The molecule has 0 unspecified atom stereocenters. The molecule has 0 saturated carbocycles. The molecule has 0 amide bonds.